The Hall–Kier alpha value is -1.00. The molecule has 1 unspecified atom stereocenters. The van der Waals surface area contributed by atoms with E-state index in [2.05, 4.69) is 23.5 Å². The number of esters is 1. The number of thiophene rings is 1. The zero-order chi connectivity index (χ0) is 20.3. The van der Waals surface area contributed by atoms with Crippen LogP contribution >= 0.6 is 11.3 Å². The molecule has 2 aliphatic rings. The molecule has 2 aliphatic heterocycles. The molecule has 9 heteroatoms. The summed E-state index contributed by atoms with van der Waals surface area (Å²) in [6.07, 6.45) is 4.45. The first kappa shape index (κ1) is 21.7. The van der Waals surface area contributed by atoms with Gasteiger partial charge in [0.1, 0.15) is 4.21 Å². The van der Waals surface area contributed by atoms with Crippen LogP contribution in [0.25, 0.3) is 0 Å². The van der Waals surface area contributed by atoms with Gasteiger partial charge in [0.2, 0.25) is 0 Å². The largest absolute Gasteiger partial charge is 0.465 e. The molecule has 0 aliphatic carbocycles. The number of carbonyl (C=O) groups excluding carboxylic acids is 1. The fourth-order valence-electron chi connectivity index (χ4n) is 4.09. The quantitative estimate of drug-likeness (QED) is 0.638. The summed E-state index contributed by atoms with van der Waals surface area (Å²) in [5.41, 5.74) is 1.04. The number of rotatable bonds is 8. The number of methoxy groups -OCH3 is 1. The lowest BCUT2D eigenvalue weighted by Gasteiger charge is -2.33. The van der Waals surface area contributed by atoms with Gasteiger partial charge >= 0.3 is 5.97 Å². The minimum Gasteiger partial charge on any atom is -0.465 e. The van der Waals surface area contributed by atoms with Gasteiger partial charge in [0.05, 0.1) is 18.8 Å². The van der Waals surface area contributed by atoms with Gasteiger partial charge in [0.15, 0.2) is 0 Å². The summed E-state index contributed by atoms with van der Waals surface area (Å²) in [6.45, 7) is 6.73. The summed E-state index contributed by atoms with van der Waals surface area (Å²) in [7, 11) is -2.51. The number of carbonyl (C=O) groups is 1. The third kappa shape index (κ3) is 4.43. The van der Waals surface area contributed by atoms with Gasteiger partial charge in [0.25, 0.3) is 10.0 Å². The molecular weight excluding hydrogens is 400 g/mol. The normalized spacial score (nSPS) is 20.5. The van der Waals surface area contributed by atoms with Crippen molar-refractivity contribution in [2.75, 3.05) is 26.8 Å². The van der Waals surface area contributed by atoms with E-state index >= 15 is 0 Å². The molecule has 1 fully saturated rings. The maximum atomic E-state index is 13.0. The molecule has 0 saturated carbocycles. The predicted molar refractivity (Wildman–Crippen MR) is 108 cm³/mol. The number of nitrogens with one attached hydrogen (secondary N) is 1. The minimum absolute atomic E-state index is 0.0775. The van der Waals surface area contributed by atoms with E-state index in [0.29, 0.717) is 25.6 Å². The topological polar surface area (TPSA) is 84.9 Å². The maximum Gasteiger partial charge on any atom is 0.340 e. The standard InChI is InChI=1S/C19H30N2O5S2/c1-4-13(5-2)21-9-8-15-16(12-21)27-19(17(15)18(22)25-3)28(23,24)20-11-14-7-6-10-26-14/h13-14,20H,4-12H2,1-3H3. The van der Waals surface area contributed by atoms with Crippen molar-refractivity contribution in [3.05, 3.63) is 16.0 Å². The third-order valence-corrected chi connectivity index (χ3v) is 8.83. The molecule has 3 heterocycles. The van der Waals surface area contributed by atoms with E-state index in [1.165, 1.54) is 18.4 Å². The molecule has 1 aromatic rings. The minimum atomic E-state index is -3.81. The summed E-state index contributed by atoms with van der Waals surface area (Å²) >= 11 is 1.20. The molecule has 7 nitrogen and oxygen atoms in total. The predicted octanol–water partition coefficient (Wildman–Crippen LogP) is 2.54. The first-order chi connectivity index (χ1) is 13.4. The SMILES string of the molecule is CCC(CC)N1CCc2c(sc(S(=O)(=O)NCC3CCCO3)c2C(=O)OC)C1. The second-order valence-electron chi connectivity index (χ2n) is 7.34. The van der Waals surface area contributed by atoms with Gasteiger partial charge in [-0.2, -0.15) is 0 Å². The number of fused-ring (bicyclic) bond motifs is 1. The highest BCUT2D eigenvalue weighted by molar-refractivity contribution is 7.91. The molecule has 0 aromatic carbocycles. The van der Waals surface area contributed by atoms with Crippen LogP contribution in [-0.4, -0.2) is 58.2 Å². The highest BCUT2D eigenvalue weighted by atomic mass is 32.2. The Balaban J connectivity index is 1.89. The van der Waals surface area contributed by atoms with E-state index in [1.807, 2.05) is 0 Å². The number of sulfonamides is 1. The molecule has 0 amide bonds. The molecule has 3 rings (SSSR count). The third-order valence-electron chi connectivity index (χ3n) is 5.67. The Labute approximate surface area is 171 Å². The number of nitrogens with zero attached hydrogens (tertiary/aromatic N) is 1. The van der Waals surface area contributed by atoms with E-state index in [-0.39, 0.29) is 22.4 Å². The van der Waals surface area contributed by atoms with Crippen LogP contribution in [0.1, 0.15) is 60.3 Å². The van der Waals surface area contributed by atoms with Crippen LogP contribution in [-0.2, 0) is 32.5 Å². The van der Waals surface area contributed by atoms with Crippen molar-refractivity contribution in [3.8, 4) is 0 Å². The zero-order valence-electron chi connectivity index (χ0n) is 16.8. The summed E-state index contributed by atoms with van der Waals surface area (Å²) in [6, 6.07) is 0.467. The van der Waals surface area contributed by atoms with E-state index in [4.69, 9.17) is 9.47 Å². The van der Waals surface area contributed by atoms with Crippen LogP contribution in [0.4, 0.5) is 0 Å². The average Bonchev–Trinajstić information content (AvgIpc) is 3.34. The smallest absolute Gasteiger partial charge is 0.340 e. The Morgan fingerprint density at radius 2 is 2.14 bits per heavy atom. The van der Waals surface area contributed by atoms with Crippen molar-refractivity contribution < 1.29 is 22.7 Å². The lowest BCUT2D eigenvalue weighted by Crippen LogP contribution is -2.38. The van der Waals surface area contributed by atoms with Crippen LogP contribution in [0.15, 0.2) is 4.21 Å². The lowest BCUT2D eigenvalue weighted by atomic mass is 10.0. The highest BCUT2D eigenvalue weighted by Crippen LogP contribution is 2.37. The summed E-state index contributed by atoms with van der Waals surface area (Å²) in [5.74, 6) is -0.578. The second kappa shape index (κ2) is 9.21. The molecule has 0 bridgehead atoms. The zero-order valence-corrected chi connectivity index (χ0v) is 18.5. The molecular formula is C19H30N2O5S2. The molecule has 1 N–H and O–H groups in total. The Morgan fingerprint density at radius 1 is 1.39 bits per heavy atom. The fraction of sp³-hybridized carbons (Fsp3) is 0.737. The van der Waals surface area contributed by atoms with Crippen LogP contribution < -0.4 is 4.72 Å². The van der Waals surface area contributed by atoms with Crippen LogP contribution in [0.5, 0.6) is 0 Å². The van der Waals surface area contributed by atoms with Crippen molar-refractivity contribution in [2.24, 2.45) is 0 Å². The van der Waals surface area contributed by atoms with Crippen LogP contribution in [0, 0.1) is 0 Å². The molecule has 0 spiro atoms. The molecule has 158 valence electrons. The highest BCUT2D eigenvalue weighted by Gasteiger charge is 2.35. The maximum absolute atomic E-state index is 13.0. The van der Waals surface area contributed by atoms with Crippen LogP contribution in [0.3, 0.4) is 0 Å². The van der Waals surface area contributed by atoms with E-state index in [0.717, 1.165) is 42.7 Å². The Bertz CT molecular complexity index is 795. The van der Waals surface area contributed by atoms with Gasteiger partial charge in [0, 0.05) is 37.2 Å². The van der Waals surface area contributed by atoms with E-state index in [1.54, 1.807) is 0 Å². The average molecular weight is 431 g/mol. The first-order valence-corrected chi connectivity index (χ1v) is 12.3. The van der Waals surface area contributed by atoms with Gasteiger partial charge in [-0.15, -0.1) is 11.3 Å². The monoisotopic (exact) mass is 430 g/mol. The molecule has 1 aromatic heterocycles. The Kier molecular flexibility index (Phi) is 7.14. The molecule has 28 heavy (non-hydrogen) atoms. The summed E-state index contributed by atoms with van der Waals surface area (Å²) < 4.78 is 39.1. The summed E-state index contributed by atoms with van der Waals surface area (Å²) in [5, 5.41) is 0. The van der Waals surface area contributed by atoms with Crippen molar-refractivity contribution in [1.29, 1.82) is 0 Å². The van der Waals surface area contributed by atoms with Crippen molar-refractivity contribution in [2.45, 2.75) is 68.9 Å². The molecule has 1 atom stereocenters. The van der Waals surface area contributed by atoms with Crippen molar-refractivity contribution in [3.63, 3.8) is 0 Å². The first-order valence-electron chi connectivity index (χ1n) is 9.99. The number of hydrogen-bond donors (Lipinski definition) is 1. The van der Waals surface area contributed by atoms with E-state index < -0.39 is 16.0 Å². The number of hydrogen-bond acceptors (Lipinski definition) is 7. The second-order valence-corrected chi connectivity index (χ2v) is 10.4. The summed E-state index contributed by atoms with van der Waals surface area (Å²) in [4.78, 5) is 15.8. The Morgan fingerprint density at radius 3 is 2.75 bits per heavy atom. The molecule has 1 saturated heterocycles. The van der Waals surface area contributed by atoms with E-state index in [9.17, 15) is 13.2 Å². The van der Waals surface area contributed by atoms with Crippen LogP contribution in [0.2, 0.25) is 0 Å². The van der Waals surface area contributed by atoms with Crippen molar-refractivity contribution >= 4 is 27.3 Å². The fourth-order valence-corrected chi connectivity index (χ4v) is 7.11. The van der Waals surface area contributed by atoms with Gasteiger partial charge in [-0.1, -0.05) is 13.8 Å². The van der Waals surface area contributed by atoms with Gasteiger partial charge < -0.3 is 9.47 Å². The number of ether oxygens (including phenoxy) is 2. The van der Waals surface area contributed by atoms with Gasteiger partial charge in [-0.05, 0) is 37.7 Å². The lowest BCUT2D eigenvalue weighted by molar-refractivity contribution is 0.0595. The molecule has 0 radical (unpaired) electrons. The van der Waals surface area contributed by atoms with Crippen molar-refractivity contribution in [1.82, 2.24) is 9.62 Å². The van der Waals surface area contributed by atoms with Gasteiger partial charge in [-0.25, -0.2) is 17.9 Å². The van der Waals surface area contributed by atoms with Gasteiger partial charge in [-0.3, -0.25) is 4.90 Å².